The Kier molecular flexibility index (Phi) is 4.04. The zero-order valence-electron chi connectivity index (χ0n) is 10.2. The fraction of sp³-hybridized carbons (Fsp3) is 1.00. The average Bonchev–Trinajstić information content (AvgIpc) is 2.95. The van der Waals surface area contributed by atoms with Crippen LogP contribution < -0.4 is 5.32 Å². The Labute approximate surface area is 93.8 Å². The summed E-state index contributed by atoms with van der Waals surface area (Å²) in [5.41, 5.74) is 0. The Morgan fingerprint density at radius 3 is 2.67 bits per heavy atom. The van der Waals surface area contributed by atoms with Crippen LogP contribution in [0.25, 0.3) is 0 Å². The highest BCUT2D eigenvalue weighted by molar-refractivity contribution is 4.81. The largest absolute Gasteiger partial charge is 0.375 e. The van der Waals surface area contributed by atoms with E-state index < -0.39 is 0 Å². The van der Waals surface area contributed by atoms with Gasteiger partial charge in [0.15, 0.2) is 0 Å². The maximum Gasteiger partial charge on any atom is 0.0579 e. The summed E-state index contributed by atoms with van der Waals surface area (Å²) in [6, 6.07) is 0.857. The Balaban J connectivity index is 1.52. The van der Waals surface area contributed by atoms with E-state index in [1.165, 1.54) is 45.1 Å². The van der Waals surface area contributed by atoms with Crippen molar-refractivity contribution in [3.8, 4) is 0 Å². The molecule has 15 heavy (non-hydrogen) atoms. The molecule has 2 nitrogen and oxygen atoms in total. The number of ether oxygens (including phenoxy) is 1. The lowest BCUT2D eigenvalue weighted by molar-refractivity contribution is 0.0475. The third-order valence-corrected chi connectivity index (χ3v) is 3.63. The molecule has 0 bridgehead atoms. The van der Waals surface area contributed by atoms with Gasteiger partial charge in [-0.15, -0.1) is 0 Å². The second-order valence-electron chi connectivity index (χ2n) is 5.51. The summed E-state index contributed by atoms with van der Waals surface area (Å²) >= 11 is 0. The van der Waals surface area contributed by atoms with Crippen LogP contribution in [0.1, 0.15) is 52.4 Å². The summed E-state index contributed by atoms with van der Waals surface area (Å²) in [5, 5.41) is 3.60. The lowest BCUT2D eigenvalue weighted by atomic mass is 10.0. The number of nitrogens with one attached hydrogen (secondary N) is 1. The molecule has 1 N–H and O–H groups in total. The van der Waals surface area contributed by atoms with Crippen LogP contribution in [-0.2, 0) is 4.74 Å². The molecule has 0 amide bonds. The van der Waals surface area contributed by atoms with Crippen LogP contribution in [-0.4, -0.2) is 24.8 Å². The fourth-order valence-corrected chi connectivity index (χ4v) is 2.33. The Morgan fingerprint density at radius 1 is 1.27 bits per heavy atom. The number of rotatable bonds is 6. The molecule has 3 atom stereocenters. The molecular weight excluding hydrogens is 186 g/mol. The third-order valence-electron chi connectivity index (χ3n) is 3.63. The summed E-state index contributed by atoms with van der Waals surface area (Å²) in [7, 11) is 0. The molecule has 0 aromatic carbocycles. The van der Waals surface area contributed by atoms with Gasteiger partial charge in [0.1, 0.15) is 0 Å². The lowest BCUT2D eigenvalue weighted by Gasteiger charge is -2.15. The highest BCUT2D eigenvalue weighted by Crippen LogP contribution is 2.24. The summed E-state index contributed by atoms with van der Waals surface area (Å²) < 4.78 is 5.83. The van der Waals surface area contributed by atoms with E-state index in [1.54, 1.807) is 0 Å². The summed E-state index contributed by atoms with van der Waals surface area (Å²) in [6.45, 7) is 5.75. The van der Waals surface area contributed by atoms with Crippen molar-refractivity contribution >= 4 is 0 Å². The van der Waals surface area contributed by atoms with Gasteiger partial charge >= 0.3 is 0 Å². The zero-order chi connectivity index (χ0) is 10.7. The quantitative estimate of drug-likeness (QED) is 0.729. The molecular formula is C13H25NO. The molecule has 88 valence electrons. The second kappa shape index (κ2) is 5.31. The monoisotopic (exact) mass is 211 g/mol. The van der Waals surface area contributed by atoms with Gasteiger partial charge in [0.25, 0.3) is 0 Å². The molecule has 1 saturated carbocycles. The van der Waals surface area contributed by atoms with E-state index >= 15 is 0 Å². The van der Waals surface area contributed by atoms with Crippen molar-refractivity contribution < 1.29 is 4.74 Å². The van der Waals surface area contributed by atoms with E-state index in [9.17, 15) is 0 Å². The van der Waals surface area contributed by atoms with Gasteiger partial charge in [-0.3, -0.25) is 0 Å². The highest BCUT2D eigenvalue weighted by Gasteiger charge is 2.23. The first-order valence-corrected chi connectivity index (χ1v) is 6.63. The maximum atomic E-state index is 5.83. The van der Waals surface area contributed by atoms with E-state index in [-0.39, 0.29) is 0 Å². The minimum atomic E-state index is 0.509. The topological polar surface area (TPSA) is 21.3 Å². The predicted octanol–water partition coefficient (Wildman–Crippen LogP) is 2.72. The minimum absolute atomic E-state index is 0.509. The molecule has 1 saturated heterocycles. The van der Waals surface area contributed by atoms with Gasteiger partial charge in [0.2, 0.25) is 0 Å². The van der Waals surface area contributed by atoms with Gasteiger partial charge in [-0.25, -0.2) is 0 Å². The fourth-order valence-electron chi connectivity index (χ4n) is 2.33. The van der Waals surface area contributed by atoms with Crippen LogP contribution in [0.5, 0.6) is 0 Å². The van der Waals surface area contributed by atoms with Crippen molar-refractivity contribution in [2.75, 3.05) is 6.54 Å². The van der Waals surface area contributed by atoms with Gasteiger partial charge in [-0.1, -0.05) is 6.92 Å². The van der Waals surface area contributed by atoms with Crippen molar-refractivity contribution in [2.24, 2.45) is 5.92 Å². The molecule has 0 aromatic heterocycles. The Bertz CT molecular complexity index is 191. The van der Waals surface area contributed by atoms with Crippen LogP contribution in [0.3, 0.4) is 0 Å². The van der Waals surface area contributed by atoms with Crippen LogP contribution >= 0.6 is 0 Å². The highest BCUT2D eigenvalue weighted by atomic mass is 16.5. The zero-order valence-corrected chi connectivity index (χ0v) is 10.2. The van der Waals surface area contributed by atoms with Gasteiger partial charge in [-0.2, -0.15) is 0 Å². The molecule has 0 spiro atoms. The van der Waals surface area contributed by atoms with Gasteiger partial charge < -0.3 is 10.1 Å². The molecule has 0 radical (unpaired) electrons. The van der Waals surface area contributed by atoms with Crippen LogP contribution in [0, 0.1) is 5.92 Å². The first-order chi connectivity index (χ1) is 7.24. The van der Waals surface area contributed by atoms with Gasteiger partial charge in [-0.05, 0) is 57.9 Å². The average molecular weight is 211 g/mol. The SMILES string of the molecule is CC(CCC1CCC(C)O1)CNC1CC1. The molecule has 2 aliphatic rings. The maximum absolute atomic E-state index is 5.83. The molecule has 1 aliphatic heterocycles. The van der Waals surface area contributed by atoms with Crippen LogP contribution in [0.2, 0.25) is 0 Å². The van der Waals surface area contributed by atoms with E-state index in [0.717, 1.165) is 12.0 Å². The Hall–Kier alpha value is -0.0800. The van der Waals surface area contributed by atoms with Crippen molar-refractivity contribution in [3.05, 3.63) is 0 Å². The number of hydrogen-bond donors (Lipinski definition) is 1. The molecule has 2 rings (SSSR count). The van der Waals surface area contributed by atoms with Crippen LogP contribution in [0.15, 0.2) is 0 Å². The first kappa shape index (κ1) is 11.4. The minimum Gasteiger partial charge on any atom is -0.375 e. The molecule has 0 aromatic rings. The van der Waals surface area contributed by atoms with E-state index in [0.29, 0.717) is 12.2 Å². The van der Waals surface area contributed by atoms with E-state index in [2.05, 4.69) is 19.2 Å². The van der Waals surface area contributed by atoms with E-state index in [4.69, 9.17) is 4.74 Å². The van der Waals surface area contributed by atoms with Gasteiger partial charge in [0, 0.05) is 6.04 Å². The lowest BCUT2D eigenvalue weighted by Crippen LogP contribution is -2.24. The third kappa shape index (κ3) is 4.12. The second-order valence-corrected chi connectivity index (χ2v) is 5.51. The van der Waals surface area contributed by atoms with Crippen molar-refractivity contribution in [1.82, 2.24) is 5.32 Å². The van der Waals surface area contributed by atoms with Crippen molar-refractivity contribution in [1.29, 1.82) is 0 Å². The predicted molar refractivity (Wildman–Crippen MR) is 63.0 cm³/mol. The summed E-state index contributed by atoms with van der Waals surface area (Å²) in [6.07, 6.45) is 8.99. The summed E-state index contributed by atoms with van der Waals surface area (Å²) in [4.78, 5) is 0. The van der Waals surface area contributed by atoms with E-state index in [1.807, 2.05) is 0 Å². The van der Waals surface area contributed by atoms with Gasteiger partial charge in [0.05, 0.1) is 12.2 Å². The Morgan fingerprint density at radius 2 is 2.07 bits per heavy atom. The molecule has 1 heterocycles. The smallest absolute Gasteiger partial charge is 0.0579 e. The van der Waals surface area contributed by atoms with Crippen molar-refractivity contribution in [2.45, 2.75) is 70.6 Å². The molecule has 2 fully saturated rings. The normalized spacial score (nSPS) is 33.2. The molecule has 2 heteroatoms. The standard InChI is InChI=1S/C13H25NO/c1-10(9-14-12-5-6-12)3-7-13-8-4-11(2)15-13/h10-14H,3-9H2,1-2H3. The molecule has 3 unspecified atom stereocenters. The first-order valence-electron chi connectivity index (χ1n) is 6.63. The number of hydrogen-bond acceptors (Lipinski definition) is 2. The van der Waals surface area contributed by atoms with Crippen LogP contribution in [0.4, 0.5) is 0 Å². The summed E-state index contributed by atoms with van der Waals surface area (Å²) in [5.74, 6) is 0.810. The van der Waals surface area contributed by atoms with Crippen molar-refractivity contribution in [3.63, 3.8) is 0 Å². The molecule has 1 aliphatic carbocycles.